The molecule has 2 fully saturated rings. The third-order valence-corrected chi connectivity index (χ3v) is 6.66. The first-order valence-corrected chi connectivity index (χ1v) is 11.9. The van der Waals surface area contributed by atoms with E-state index in [2.05, 4.69) is 43.6 Å². The van der Waals surface area contributed by atoms with E-state index in [-0.39, 0.29) is 6.04 Å². The number of guanidine groups is 1. The molecule has 2 unspecified atom stereocenters. The van der Waals surface area contributed by atoms with Crippen LogP contribution >= 0.6 is 0 Å². The molecule has 2 atom stereocenters. The van der Waals surface area contributed by atoms with Crippen LogP contribution in [0.3, 0.4) is 0 Å². The maximum absolute atomic E-state index is 5.77. The molecule has 2 aromatic rings. The second kappa shape index (κ2) is 11.3. The summed E-state index contributed by atoms with van der Waals surface area (Å²) in [7, 11) is 3.58. The molecule has 7 heteroatoms. The SMILES string of the molecule is CN=C(NCC1CCN(c2ccccc2OC)C1)NCC(c1ccco1)N1CCCCC1. The van der Waals surface area contributed by atoms with Crippen LogP contribution in [0.25, 0.3) is 0 Å². The summed E-state index contributed by atoms with van der Waals surface area (Å²) in [5.41, 5.74) is 1.18. The first-order valence-electron chi connectivity index (χ1n) is 11.9. The molecule has 1 aromatic carbocycles. The number of piperidine rings is 1. The highest BCUT2D eigenvalue weighted by Crippen LogP contribution is 2.31. The average molecular weight is 440 g/mol. The number of ether oxygens (including phenoxy) is 1. The number of rotatable bonds is 8. The van der Waals surface area contributed by atoms with Crippen LogP contribution in [0.4, 0.5) is 5.69 Å². The van der Waals surface area contributed by atoms with Gasteiger partial charge < -0.3 is 24.7 Å². The van der Waals surface area contributed by atoms with Crippen molar-refractivity contribution in [2.24, 2.45) is 10.9 Å². The van der Waals surface area contributed by atoms with Gasteiger partial charge in [-0.25, -0.2) is 0 Å². The van der Waals surface area contributed by atoms with Gasteiger partial charge in [-0.1, -0.05) is 18.6 Å². The third kappa shape index (κ3) is 5.57. The van der Waals surface area contributed by atoms with E-state index < -0.39 is 0 Å². The molecule has 1 aromatic heterocycles. The molecule has 0 saturated carbocycles. The highest BCUT2D eigenvalue weighted by Gasteiger charge is 2.26. The Labute approximate surface area is 191 Å². The first-order chi connectivity index (χ1) is 15.8. The molecule has 2 aliphatic rings. The summed E-state index contributed by atoms with van der Waals surface area (Å²) in [4.78, 5) is 9.42. The van der Waals surface area contributed by atoms with E-state index in [4.69, 9.17) is 9.15 Å². The number of methoxy groups -OCH3 is 1. The topological polar surface area (TPSA) is 65.3 Å². The van der Waals surface area contributed by atoms with Crippen LogP contribution < -0.4 is 20.3 Å². The van der Waals surface area contributed by atoms with Crippen molar-refractivity contribution in [2.75, 3.05) is 58.3 Å². The van der Waals surface area contributed by atoms with Gasteiger partial charge in [0.05, 0.1) is 25.1 Å². The van der Waals surface area contributed by atoms with Crippen LogP contribution in [-0.4, -0.2) is 64.3 Å². The molecule has 174 valence electrons. The summed E-state index contributed by atoms with van der Waals surface area (Å²) in [6, 6.07) is 12.6. The largest absolute Gasteiger partial charge is 0.495 e. The molecule has 0 amide bonds. The lowest BCUT2D eigenvalue weighted by Crippen LogP contribution is -2.45. The quantitative estimate of drug-likeness (QED) is 0.485. The second-order valence-electron chi connectivity index (χ2n) is 8.73. The van der Waals surface area contributed by atoms with Gasteiger partial charge >= 0.3 is 0 Å². The van der Waals surface area contributed by atoms with Crippen molar-refractivity contribution >= 4 is 11.6 Å². The summed E-state index contributed by atoms with van der Waals surface area (Å²) in [5.74, 6) is 3.40. The van der Waals surface area contributed by atoms with Crippen LogP contribution in [0.5, 0.6) is 5.75 Å². The number of hydrogen-bond acceptors (Lipinski definition) is 5. The fraction of sp³-hybridized carbons (Fsp3) is 0.560. The Kier molecular flexibility index (Phi) is 7.93. The number of aliphatic imine (C=N–C) groups is 1. The number of likely N-dealkylation sites (tertiary alicyclic amines) is 1. The Balaban J connectivity index is 1.28. The number of nitrogens with zero attached hydrogens (tertiary/aromatic N) is 3. The Bertz CT molecular complexity index is 848. The predicted molar refractivity (Wildman–Crippen MR) is 130 cm³/mol. The van der Waals surface area contributed by atoms with Gasteiger partial charge in [0.25, 0.3) is 0 Å². The normalized spacial score (nSPS) is 20.9. The molecular formula is C25H37N5O2. The van der Waals surface area contributed by atoms with Crippen molar-refractivity contribution in [3.63, 3.8) is 0 Å². The number of nitrogens with one attached hydrogen (secondary N) is 2. The van der Waals surface area contributed by atoms with Gasteiger partial charge in [-0.05, 0) is 62.5 Å². The fourth-order valence-corrected chi connectivity index (χ4v) is 4.88. The molecule has 0 bridgehead atoms. The van der Waals surface area contributed by atoms with Crippen molar-refractivity contribution in [3.8, 4) is 5.75 Å². The van der Waals surface area contributed by atoms with E-state index in [1.54, 1.807) is 13.4 Å². The van der Waals surface area contributed by atoms with E-state index in [0.29, 0.717) is 5.92 Å². The lowest BCUT2D eigenvalue weighted by Gasteiger charge is -2.33. The van der Waals surface area contributed by atoms with Crippen molar-refractivity contribution in [3.05, 3.63) is 48.4 Å². The molecular weight excluding hydrogens is 402 g/mol. The Morgan fingerprint density at radius 3 is 2.72 bits per heavy atom. The third-order valence-electron chi connectivity index (χ3n) is 6.66. The Hall–Kier alpha value is -2.67. The van der Waals surface area contributed by atoms with Crippen molar-refractivity contribution in [1.82, 2.24) is 15.5 Å². The van der Waals surface area contributed by atoms with Crippen molar-refractivity contribution in [2.45, 2.75) is 31.7 Å². The molecule has 32 heavy (non-hydrogen) atoms. The number of benzene rings is 1. The van der Waals surface area contributed by atoms with Crippen LogP contribution in [-0.2, 0) is 0 Å². The summed E-state index contributed by atoms with van der Waals surface area (Å²) in [6.07, 6.45) is 6.77. The van der Waals surface area contributed by atoms with E-state index in [9.17, 15) is 0 Å². The van der Waals surface area contributed by atoms with E-state index in [0.717, 1.165) is 63.2 Å². The zero-order valence-corrected chi connectivity index (χ0v) is 19.4. The smallest absolute Gasteiger partial charge is 0.191 e. The first kappa shape index (κ1) is 22.5. The summed E-state index contributed by atoms with van der Waals surface area (Å²) >= 11 is 0. The van der Waals surface area contributed by atoms with Gasteiger partial charge in [-0.15, -0.1) is 0 Å². The Morgan fingerprint density at radius 1 is 1.12 bits per heavy atom. The van der Waals surface area contributed by atoms with Crippen LogP contribution in [0.15, 0.2) is 52.1 Å². The van der Waals surface area contributed by atoms with Gasteiger partial charge in [0.1, 0.15) is 11.5 Å². The number of hydrogen-bond donors (Lipinski definition) is 2. The minimum absolute atomic E-state index is 0.233. The highest BCUT2D eigenvalue weighted by atomic mass is 16.5. The van der Waals surface area contributed by atoms with Crippen molar-refractivity contribution in [1.29, 1.82) is 0 Å². The molecule has 0 spiro atoms. The maximum atomic E-state index is 5.77. The van der Waals surface area contributed by atoms with E-state index >= 15 is 0 Å². The number of furan rings is 1. The molecule has 2 aliphatic heterocycles. The highest BCUT2D eigenvalue weighted by molar-refractivity contribution is 5.79. The lowest BCUT2D eigenvalue weighted by molar-refractivity contribution is 0.146. The molecule has 0 aliphatic carbocycles. The zero-order chi connectivity index (χ0) is 22.2. The van der Waals surface area contributed by atoms with E-state index in [1.165, 1.54) is 24.9 Å². The minimum Gasteiger partial charge on any atom is -0.495 e. The molecule has 2 N–H and O–H groups in total. The molecule has 7 nitrogen and oxygen atoms in total. The van der Waals surface area contributed by atoms with Gasteiger partial charge in [0, 0.05) is 33.2 Å². The minimum atomic E-state index is 0.233. The zero-order valence-electron chi connectivity index (χ0n) is 19.4. The van der Waals surface area contributed by atoms with Gasteiger partial charge in [0.15, 0.2) is 5.96 Å². The number of para-hydroxylation sites is 2. The molecule has 2 saturated heterocycles. The van der Waals surface area contributed by atoms with Crippen LogP contribution in [0.2, 0.25) is 0 Å². The van der Waals surface area contributed by atoms with Gasteiger partial charge in [-0.2, -0.15) is 0 Å². The lowest BCUT2D eigenvalue weighted by atomic mass is 10.1. The summed E-state index contributed by atoms with van der Waals surface area (Å²) < 4.78 is 11.3. The van der Waals surface area contributed by atoms with E-state index in [1.807, 2.05) is 25.2 Å². The molecule has 0 radical (unpaired) electrons. The monoisotopic (exact) mass is 439 g/mol. The summed E-state index contributed by atoms with van der Waals surface area (Å²) in [6.45, 7) is 6.01. The second-order valence-corrected chi connectivity index (χ2v) is 8.73. The van der Waals surface area contributed by atoms with Crippen LogP contribution in [0.1, 0.15) is 37.5 Å². The van der Waals surface area contributed by atoms with Gasteiger partial charge in [-0.3, -0.25) is 9.89 Å². The Morgan fingerprint density at radius 2 is 1.97 bits per heavy atom. The predicted octanol–water partition coefficient (Wildman–Crippen LogP) is 3.51. The standard InChI is InChI=1S/C25H37N5O2/c1-26-25(28-18-22(24-11-8-16-32-24)29-13-6-3-7-14-29)27-17-20-12-15-30(19-20)21-9-4-5-10-23(21)31-2/h4-5,8-11,16,20,22H,3,6-7,12-15,17-19H2,1-2H3,(H2,26,27,28). The van der Waals surface area contributed by atoms with Crippen molar-refractivity contribution < 1.29 is 9.15 Å². The van der Waals surface area contributed by atoms with Crippen LogP contribution in [0, 0.1) is 5.92 Å². The maximum Gasteiger partial charge on any atom is 0.191 e. The summed E-state index contributed by atoms with van der Waals surface area (Å²) in [5, 5.41) is 7.09. The molecule has 4 rings (SSSR count). The molecule has 3 heterocycles. The fourth-order valence-electron chi connectivity index (χ4n) is 4.88. The number of anilines is 1. The average Bonchev–Trinajstić information content (AvgIpc) is 3.54. The van der Waals surface area contributed by atoms with Gasteiger partial charge in [0.2, 0.25) is 0 Å².